The predicted molar refractivity (Wildman–Crippen MR) is 77.6 cm³/mol. The summed E-state index contributed by atoms with van der Waals surface area (Å²) in [5.74, 6) is 1.35. The molecule has 0 aromatic heterocycles. The average molecular weight is 260 g/mol. The van der Waals surface area contributed by atoms with Crippen molar-refractivity contribution in [2.45, 2.75) is 52.0 Å². The van der Waals surface area contributed by atoms with Crippen LogP contribution in [0.3, 0.4) is 0 Å². The maximum absolute atomic E-state index is 11.4. The third-order valence-electron chi connectivity index (χ3n) is 2.38. The second-order valence-corrected chi connectivity index (χ2v) is 6.35. The molecule has 0 aliphatic carbocycles. The van der Waals surface area contributed by atoms with E-state index in [0.717, 1.165) is 13.0 Å². The highest BCUT2D eigenvalue weighted by Gasteiger charge is 2.10. The lowest BCUT2D eigenvalue weighted by molar-refractivity contribution is -0.120. The molecular formula is C13H28N2OS. The second kappa shape index (κ2) is 9.77. The summed E-state index contributed by atoms with van der Waals surface area (Å²) in [7, 11) is 0. The van der Waals surface area contributed by atoms with Gasteiger partial charge in [0.25, 0.3) is 0 Å². The fourth-order valence-electron chi connectivity index (χ4n) is 1.36. The number of amides is 1. The zero-order valence-electron chi connectivity index (χ0n) is 11.8. The number of hydrogen-bond acceptors (Lipinski definition) is 3. The first-order valence-corrected chi connectivity index (χ1v) is 7.86. The Kier molecular flexibility index (Phi) is 9.65. The van der Waals surface area contributed by atoms with Gasteiger partial charge in [-0.2, -0.15) is 11.8 Å². The Morgan fingerprint density at radius 3 is 2.35 bits per heavy atom. The molecule has 0 unspecified atom stereocenters. The number of hydrogen-bond donors (Lipinski definition) is 2. The van der Waals surface area contributed by atoms with Gasteiger partial charge < -0.3 is 10.6 Å². The van der Waals surface area contributed by atoms with E-state index >= 15 is 0 Å². The van der Waals surface area contributed by atoms with Crippen LogP contribution in [0, 0.1) is 0 Å². The van der Waals surface area contributed by atoms with Crippen molar-refractivity contribution in [2.75, 3.05) is 25.1 Å². The van der Waals surface area contributed by atoms with Crippen LogP contribution in [0.25, 0.3) is 0 Å². The molecule has 0 bridgehead atoms. The van der Waals surface area contributed by atoms with Crippen molar-refractivity contribution in [2.24, 2.45) is 0 Å². The van der Waals surface area contributed by atoms with E-state index in [0.29, 0.717) is 6.54 Å². The summed E-state index contributed by atoms with van der Waals surface area (Å²) in [5, 5.41) is 6.12. The highest BCUT2D eigenvalue weighted by atomic mass is 32.2. The van der Waals surface area contributed by atoms with Crippen LogP contribution in [0.5, 0.6) is 0 Å². The standard InChI is InChI=1S/C13H28N2OS/c1-13(2,3)15-11-12(16)14-9-7-5-6-8-10-17-4/h15H,5-11H2,1-4H3,(H,14,16). The maximum atomic E-state index is 11.4. The number of nitrogens with one attached hydrogen (secondary N) is 2. The van der Waals surface area contributed by atoms with E-state index in [2.05, 4.69) is 37.7 Å². The fourth-order valence-corrected chi connectivity index (χ4v) is 1.85. The van der Waals surface area contributed by atoms with Gasteiger partial charge in [0.15, 0.2) is 0 Å². The first kappa shape index (κ1) is 16.8. The Hall–Kier alpha value is -0.220. The van der Waals surface area contributed by atoms with Gasteiger partial charge >= 0.3 is 0 Å². The van der Waals surface area contributed by atoms with Crippen LogP contribution < -0.4 is 10.6 Å². The van der Waals surface area contributed by atoms with Crippen molar-refractivity contribution in [3.05, 3.63) is 0 Å². The Morgan fingerprint density at radius 1 is 1.12 bits per heavy atom. The van der Waals surface area contributed by atoms with Gasteiger partial charge in [-0.3, -0.25) is 4.79 Å². The Bertz CT molecular complexity index is 202. The molecule has 0 saturated heterocycles. The van der Waals surface area contributed by atoms with E-state index < -0.39 is 0 Å². The van der Waals surface area contributed by atoms with Gasteiger partial charge in [0, 0.05) is 12.1 Å². The normalized spacial score (nSPS) is 11.5. The molecule has 0 aromatic rings. The molecule has 0 aromatic carbocycles. The first-order chi connectivity index (χ1) is 7.95. The summed E-state index contributed by atoms with van der Waals surface area (Å²) >= 11 is 1.90. The molecule has 17 heavy (non-hydrogen) atoms. The lowest BCUT2D eigenvalue weighted by Crippen LogP contribution is -2.43. The van der Waals surface area contributed by atoms with Crippen molar-refractivity contribution < 1.29 is 4.79 Å². The summed E-state index contributed by atoms with van der Waals surface area (Å²) in [4.78, 5) is 11.4. The van der Waals surface area contributed by atoms with Gasteiger partial charge in [0.05, 0.1) is 6.54 Å². The summed E-state index contributed by atoms with van der Waals surface area (Å²) in [6.45, 7) is 7.41. The van der Waals surface area contributed by atoms with Crippen molar-refractivity contribution in [1.29, 1.82) is 0 Å². The molecule has 0 spiro atoms. The molecule has 0 heterocycles. The van der Waals surface area contributed by atoms with Crippen molar-refractivity contribution in [1.82, 2.24) is 10.6 Å². The predicted octanol–water partition coefficient (Wildman–Crippen LogP) is 2.41. The van der Waals surface area contributed by atoms with Gasteiger partial charge in [-0.15, -0.1) is 0 Å². The van der Waals surface area contributed by atoms with Gasteiger partial charge in [0.2, 0.25) is 5.91 Å². The first-order valence-electron chi connectivity index (χ1n) is 6.46. The van der Waals surface area contributed by atoms with Crippen molar-refractivity contribution >= 4 is 17.7 Å². The molecule has 4 heteroatoms. The lowest BCUT2D eigenvalue weighted by atomic mass is 10.1. The highest BCUT2D eigenvalue weighted by Crippen LogP contribution is 2.03. The molecule has 3 nitrogen and oxygen atoms in total. The van der Waals surface area contributed by atoms with Gasteiger partial charge in [-0.05, 0) is 45.6 Å². The highest BCUT2D eigenvalue weighted by molar-refractivity contribution is 7.98. The van der Waals surface area contributed by atoms with Crippen LogP contribution in [-0.4, -0.2) is 36.5 Å². The van der Waals surface area contributed by atoms with Crippen molar-refractivity contribution in [3.63, 3.8) is 0 Å². The molecule has 0 saturated carbocycles. The zero-order valence-corrected chi connectivity index (χ0v) is 12.6. The monoisotopic (exact) mass is 260 g/mol. The number of thioether (sulfide) groups is 1. The van der Waals surface area contributed by atoms with Gasteiger partial charge in [-0.25, -0.2) is 0 Å². The topological polar surface area (TPSA) is 41.1 Å². The van der Waals surface area contributed by atoms with E-state index in [1.54, 1.807) is 0 Å². The summed E-state index contributed by atoms with van der Waals surface area (Å²) in [5.41, 5.74) is 0.00909. The minimum Gasteiger partial charge on any atom is -0.355 e. The third-order valence-corrected chi connectivity index (χ3v) is 3.07. The summed E-state index contributed by atoms with van der Waals surface area (Å²) in [6.07, 6.45) is 7.02. The van der Waals surface area contributed by atoms with Crippen molar-refractivity contribution in [3.8, 4) is 0 Å². The molecule has 0 radical (unpaired) electrons. The molecule has 0 aliphatic rings. The largest absolute Gasteiger partial charge is 0.355 e. The van der Waals surface area contributed by atoms with Crippen LogP contribution in [0.4, 0.5) is 0 Å². The molecule has 0 fully saturated rings. The SMILES string of the molecule is CSCCCCCCNC(=O)CNC(C)(C)C. The smallest absolute Gasteiger partial charge is 0.233 e. The average Bonchev–Trinajstić information content (AvgIpc) is 2.24. The molecule has 1 amide bonds. The van der Waals surface area contributed by atoms with Crippen LogP contribution in [0.1, 0.15) is 46.5 Å². The minimum atomic E-state index is 0.00909. The van der Waals surface area contributed by atoms with E-state index in [-0.39, 0.29) is 11.4 Å². The minimum absolute atomic E-state index is 0.00909. The van der Waals surface area contributed by atoms with Crippen LogP contribution in [0.2, 0.25) is 0 Å². The number of unbranched alkanes of at least 4 members (excludes halogenated alkanes) is 3. The fraction of sp³-hybridized carbons (Fsp3) is 0.923. The number of carbonyl (C=O) groups excluding carboxylic acids is 1. The second-order valence-electron chi connectivity index (χ2n) is 5.36. The Morgan fingerprint density at radius 2 is 1.76 bits per heavy atom. The Balaban J connectivity index is 3.28. The molecular weight excluding hydrogens is 232 g/mol. The third kappa shape index (κ3) is 13.7. The van der Waals surface area contributed by atoms with E-state index in [1.807, 2.05) is 11.8 Å². The van der Waals surface area contributed by atoms with Crippen LogP contribution in [0.15, 0.2) is 0 Å². The van der Waals surface area contributed by atoms with E-state index in [4.69, 9.17) is 0 Å². The van der Waals surface area contributed by atoms with Gasteiger partial charge in [-0.1, -0.05) is 12.8 Å². The quantitative estimate of drug-likeness (QED) is 0.626. The molecule has 102 valence electrons. The molecule has 0 aliphatic heterocycles. The molecule has 2 N–H and O–H groups in total. The molecule has 0 atom stereocenters. The van der Waals surface area contributed by atoms with E-state index in [1.165, 1.54) is 25.0 Å². The number of rotatable bonds is 9. The van der Waals surface area contributed by atoms with Gasteiger partial charge in [0.1, 0.15) is 0 Å². The number of carbonyl (C=O) groups is 1. The molecule has 0 rings (SSSR count). The summed E-state index contributed by atoms with van der Waals surface area (Å²) < 4.78 is 0. The zero-order chi connectivity index (χ0) is 13.1. The van der Waals surface area contributed by atoms with E-state index in [9.17, 15) is 4.79 Å². The van der Waals surface area contributed by atoms with Crippen LogP contribution >= 0.6 is 11.8 Å². The Labute approximate surface area is 111 Å². The lowest BCUT2D eigenvalue weighted by Gasteiger charge is -2.19. The maximum Gasteiger partial charge on any atom is 0.233 e. The van der Waals surface area contributed by atoms with Crippen LogP contribution in [-0.2, 0) is 4.79 Å². The summed E-state index contributed by atoms with van der Waals surface area (Å²) in [6, 6.07) is 0.